The molecule has 0 radical (unpaired) electrons. The van der Waals surface area contributed by atoms with Gasteiger partial charge in [0.05, 0.1) is 47.3 Å². The highest BCUT2D eigenvalue weighted by Crippen LogP contribution is 2.33. The molecular weight excluding hydrogens is 460 g/mol. The zero-order valence-electron chi connectivity index (χ0n) is 19.8. The molecule has 1 heterocycles. The zero-order valence-corrected chi connectivity index (χ0v) is 20.5. The van der Waals surface area contributed by atoms with Crippen LogP contribution < -0.4 is 42.8 Å². The SMILES string of the molecule is CC[c+]1n(N=Cc2cc(OC)c(N)c(OC)c2)ccn1N=Cc1cc(OC)c(N)c(OC)c1.[Cl-]. The van der Waals surface area contributed by atoms with Gasteiger partial charge in [-0.15, -0.1) is 19.6 Å². The molecule has 34 heavy (non-hydrogen) atoms. The first-order chi connectivity index (χ1) is 15.9. The Bertz CT molecular complexity index is 1050. The maximum Gasteiger partial charge on any atom is 0.238 e. The monoisotopic (exact) mass is 488 g/mol. The molecule has 3 rings (SSSR count). The van der Waals surface area contributed by atoms with E-state index in [9.17, 15) is 0 Å². The van der Waals surface area contributed by atoms with Crippen molar-refractivity contribution in [1.29, 1.82) is 0 Å². The molecule has 0 aliphatic heterocycles. The van der Waals surface area contributed by atoms with E-state index in [2.05, 4.69) is 10.2 Å². The summed E-state index contributed by atoms with van der Waals surface area (Å²) in [6.45, 7) is 2.03. The lowest BCUT2D eigenvalue weighted by Crippen LogP contribution is -3.00. The summed E-state index contributed by atoms with van der Waals surface area (Å²) in [5, 5.41) is 9.12. The second-order valence-corrected chi connectivity index (χ2v) is 6.92. The number of methoxy groups -OCH3 is 4. The van der Waals surface area contributed by atoms with Gasteiger partial charge >= 0.3 is 0 Å². The molecule has 11 heteroatoms. The predicted molar refractivity (Wildman–Crippen MR) is 130 cm³/mol. The summed E-state index contributed by atoms with van der Waals surface area (Å²) >= 11 is 0. The topological polar surface area (TPSA) is 124 Å². The third-order valence-electron chi connectivity index (χ3n) is 4.99. The van der Waals surface area contributed by atoms with Crippen molar-refractivity contribution in [3.8, 4) is 23.0 Å². The Labute approximate surface area is 204 Å². The maximum absolute atomic E-state index is 6.01. The van der Waals surface area contributed by atoms with E-state index >= 15 is 0 Å². The molecule has 3 aromatic rings. The molecule has 0 aliphatic carbocycles. The minimum atomic E-state index is 0. The van der Waals surface area contributed by atoms with E-state index in [-0.39, 0.29) is 12.4 Å². The third-order valence-corrected chi connectivity index (χ3v) is 4.99. The lowest BCUT2D eigenvalue weighted by molar-refractivity contribution is -0.00000798. The standard InChI is InChI=1S/C23H29N6O4.ClH/c1-6-21-28(26-13-15-9-17(30-2)22(24)18(10-15)31-3)7-8-29(21)27-14-16-11-19(32-4)23(25)20(12-16)33-5;/h7-14H,6,24-25H2,1-5H3;1H/q+1;/p-1. The molecule has 0 aliphatic rings. The van der Waals surface area contributed by atoms with E-state index in [4.69, 9.17) is 30.4 Å². The van der Waals surface area contributed by atoms with Gasteiger partial charge in [0.1, 0.15) is 34.4 Å². The lowest BCUT2D eigenvalue weighted by atomic mass is 10.2. The average molecular weight is 489 g/mol. The highest BCUT2D eigenvalue weighted by Gasteiger charge is 2.14. The van der Waals surface area contributed by atoms with E-state index in [1.807, 2.05) is 19.3 Å². The Kier molecular flexibility index (Phi) is 9.14. The van der Waals surface area contributed by atoms with Crippen LogP contribution in [0.4, 0.5) is 11.4 Å². The number of halogens is 1. The van der Waals surface area contributed by atoms with E-state index in [1.54, 1.807) is 74.5 Å². The van der Waals surface area contributed by atoms with Gasteiger partial charge in [0.15, 0.2) is 12.4 Å². The van der Waals surface area contributed by atoms with Gasteiger partial charge in [0, 0.05) is 11.1 Å². The van der Waals surface area contributed by atoms with Gasteiger partial charge in [0.25, 0.3) is 0 Å². The van der Waals surface area contributed by atoms with Crippen molar-refractivity contribution in [2.24, 2.45) is 10.2 Å². The Morgan fingerprint density at radius 3 is 1.32 bits per heavy atom. The van der Waals surface area contributed by atoms with Crippen molar-refractivity contribution in [2.75, 3.05) is 39.9 Å². The van der Waals surface area contributed by atoms with Gasteiger partial charge in [-0.05, 0) is 31.2 Å². The van der Waals surface area contributed by atoms with E-state index in [0.717, 1.165) is 17.0 Å². The van der Waals surface area contributed by atoms with Crippen molar-refractivity contribution >= 4 is 23.8 Å². The van der Waals surface area contributed by atoms with Gasteiger partial charge in [-0.1, -0.05) is 0 Å². The molecule has 0 bridgehead atoms. The molecule has 0 saturated heterocycles. The quantitative estimate of drug-likeness (QED) is 0.250. The first-order valence-electron chi connectivity index (χ1n) is 10.2. The zero-order chi connectivity index (χ0) is 24.0. The highest BCUT2D eigenvalue weighted by atomic mass is 35.5. The summed E-state index contributed by atoms with van der Waals surface area (Å²) in [5.74, 6) is 2.95. The van der Waals surface area contributed by atoms with Crippen LogP contribution in [0.5, 0.6) is 23.0 Å². The number of hydrogen-bond acceptors (Lipinski definition) is 8. The molecule has 0 amide bonds. The summed E-state index contributed by atoms with van der Waals surface area (Å²) in [4.78, 5) is 0. The van der Waals surface area contributed by atoms with Gasteiger partial charge < -0.3 is 42.8 Å². The second-order valence-electron chi connectivity index (χ2n) is 6.92. The molecule has 1 aromatic heterocycles. The molecule has 2 aromatic carbocycles. The van der Waals surface area contributed by atoms with Crippen molar-refractivity contribution < 1.29 is 31.4 Å². The largest absolute Gasteiger partial charge is 1.00 e. The van der Waals surface area contributed by atoms with Crippen LogP contribution in [0.25, 0.3) is 0 Å². The number of ether oxygens (including phenoxy) is 4. The summed E-state index contributed by atoms with van der Waals surface area (Å²) in [5.41, 5.74) is 14.5. The van der Waals surface area contributed by atoms with Gasteiger partial charge in [-0.25, -0.2) is 0 Å². The predicted octanol–water partition coefficient (Wildman–Crippen LogP) is 0.100. The number of imidazole rings is 1. The molecule has 0 spiro atoms. The third kappa shape index (κ3) is 5.52. The molecule has 0 atom stereocenters. The second kappa shape index (κ2) is 11.8. The Hall–Kier alpha value is -3.92. The van der Waals surface area contributed by atoms with Crippen LogP contribution in [-0.4, -0.2) is 50.2 Å². The van der Waals surface area contributed by atoms with Gasteiger partial charge in [-0.2, -0.15) is 0 Å². The fourth-order valence-corrected chi connectivity index (χ4v) is 3.26. The number of hydrogen-bond donors (Lipinski definition) is 2. The van der Waals surface area contributed by atoms with E-state index in [1.165, 1.54) is 0 Å². The van der Waals surface area contributed by atoms with Gasteiger partial charge in [-0.3, -0.25) is 0 Å². The number of nitrogens with zero attached hydrogens (tertiary/aromatic N) is 4. The average Bonchev–Trinajstić information content (AvgIpc) is 3.24. The van der Waals surface area contributed by atoms with Crippen LogP contribution in [0.15, 0.2) is 46.9 Å². The van der Waals surface area contributed by atoms with Crippen molar-refractivity contribution in [2.45, 2.75) is 13.3 Å². The van der Waals surface area contributed by atoms with Crippen molar-refractivity contribution in [3.63, 3.8) is 0 Å². The number of rotatable bonds is 9. The van der Waals surface area contributed by atoms with Crippen LogP contribution in [-0.2, 0) is 6.42 Å². The smallest absolute Gasteiger partial charge is 0.238 e. The number of aromatic nitrogens is 2. The molecule has 182 valence electrons. The Morgan fingerprint density at radius 1 is 0.735 bits per heavy atom. The minimum absolute atomic E-state index is 0. The molecule has 10 nitrogen and oxygen atoms in total. The van der Waals surface area contributed by atoms with Crippen LogP contribution in [0.1, 0.15) is 23.9 Å². The normalized spacial score (nSPS) is 11.0. The molecule has 4 N–H and O–H groups in total. The summed E-state index contributed by atoms with van der Waals surface area (Å²) < 4.78 is 24.8. The molecular formula is C23H29ClN6O4. The maximum atomic E-state index is 6.01. The summed E-state index contributed by atoms with van der Waals surface area (Å²) in [6.07, 6.45) is 7.75. The van der Waals surface area contributed by atoms with Crippen LogP contribution in [0.3, 0.4) is 0 Å². The first kappa shape index (κ1) is 26.3. The van der Waals surface area contributed by atoms with Crippen molar-refractivity contribution in [1.82, 2.24) is 9.35 Å². The molecule has 0 fully saturated rings. The van der Waals surface area contributed by atoms with Gasteiger partial charge in [0.2, 0.25) is 5.82 Å². The fraction of sp³-hybridized carbons (Fsp3) is 0.261. The van der Waals surface area contributed by atoms with Crippen molar-refractivity contribution in [3.05, 3.63) is 53.6 Å². The van der Waals surface area contributed by atoms with E-state index < -0.39 is 0 Å². The Morgan fingerprint density at radius 2 is 1.06 bits per heavy atom. The van der Waals surface area contributed by atoms with Crippen LogP contribution in [0.2, 0.25) is 0 Å². The minimum Gasteiger partial charge on any atom is -1.00 e. The molecule has 0 unspecified atom stereocenters. The Balaban J connectivity index is 0.00000408. The summed E-state index contributed by atoms with van der Waals surface area (Å²) in [7, 11) is 6.22. The first-order valence-corrected chi connectivity index (χ1v) is 10.2. The van der Waals surface area contributed by atoms with Crippen LogP contribution >= 0.6 is 0 Å². The fourth-order valence-electron chi connectivity index (χ4n) is 3.26. The number of nitrogen functional groups attached to an aromatic ring is 2. The van der Waals surface area contributed by atoms with Crippen LogP contribution in [0, 0.1) is 0 Å². The van der Waals surface area contributed by atoms with E-state index in [0.29, 0.717) is 40.8 Å². The molecule has 0 saturated carbocycles. The summed E-state index contributed by atoms with van der Waals surface area (Å²) in [6, 6.07) is 7.18. The number of nitrogens with two attached hydrogens (primary N) is 2. The number of anilines is 2. The highest BCUT2D eigenvalue weighted by molar-refractivity contribution is 5.84. The number of benzene rings is 2. The lowest BCUT2D eigenvalue weighted by Gasteiger charge is -2.10.